The summed E-state index contributed by atoms with van der Waals surface area (Å²) in [6.45, 7) is -1.67. The summed E-state index contributed by atoms with van der Waals surface area (Å²) in [7, 11) is 1.60. The number of esters is 1. The van der Waals surface area contributed by atoms with Crippen LogP contribution >= 0.6 is 0 Å². The van der Waals surface area contributed by atoms with Crippen molar-refractivity contribution in [1.29, 1.82) is 0 Å². The molecule has 2 aromatic rings. The van der Waals surface area contributed by atoms with Gasteiger partial charge in [-0.2, -0.15) is 8.78 Å². The zero-order valence-electron chi connectivity index (χ0n) is 15.4. The fourth-order valence-corrected chi connectivity index (χ4v) is 2.40. The number of carbonyl (C=O) groups excluding carboxylic acids is 3. The first kappa shape index (κ1) is 21.1. The van der Waals surface area contributed by atoms with Gasteiger partial charge < -0.3 is 19.4 Å². The average molecular weight is 394 g/mol. The number of amides is 1. The molecular weight excluding hydrogens is 374 g/mol. The number of nitrogens with zero attached hydrogens (tertiary/aromatic N) is 1. The molecule has 7 nitrogen and oxygen atoms in total. The van der Waals surface area contributed by atoms with Gasteiger partial charge in [0.25, 0.3) is 5.91 Å². The summed E-state index contributed by atoms with van der Waals surface area (Å²) in [5, 5.41) is 2.59. The molecule has 0 unspecified atom stereocenters. The maximum Gasteiger partial charge on any atom is 0.387 e. The number of rotatable bonds is 9. The molecule has 150 valence electrons. The van der Waals surface area contributed by atoms with Crippen molar-refractivity contribution in [3.63, 3.8) is 0 Å². The van der Waals surface area contributed by atoms with E-state index in [-0.39, 0.29) is 23.8 Å². The second kappa shape index (κ2) is 9.63. The van der Waals surface area contributed by atoms with Crippen LogP contribution in [0.2, 0.25) is 0 Å². The lowest BCUT2D eigenvalue weighted by Crippen LogP contribution is -2.30. The highest BCUT2D eigenvalue weighted by Crippen LogP contribution is 2.15. The second-order valence-electron chi connectivity index (χ2n) is 5.98. The van der Waals surface area contributed by atoms with Crippen LogP contribution in [0.25, 0.3) is 0 Å². The van der Waals surface area contributed by atoms with E-state index in [2.05, 4.69) is 10.1 Å². The molecule has 0 aliphatic heterocycles. The molecule has 0 fully saturated rings. The van der Waals surface area contributed by atoms with E-state index in [1.54, 1.807) is 19.2 Å². The number of aryl methyl sites for hydroxylation is 1. The van der Waals surface area contributed by atoms with Gasteiger partial charge in [0.1, 0.15) is 11.4 Å². The third-order valence-electron chi connectivity index (χ3n) is 3.84. The zero-order valence-corrected chi connectivity index (χ0v) is 15.4. The van der Waals surface area contributed by atoms with Crippen molar-refractivity contribution < 1.29 is 32.6 Å². The zero-order chi connectivity index (χ0) is 20.7. The van der Waals surface area contributed by atoms with Gasteiger partial charge in [-0.1, -0.05) is 12.1 Å². The quantitative estimate of drug-likeness (QED) is 0.521. The number of Topliss-reactive ketones (excluding diaryl/α,β-unsaturated/α-hetero) is 1. The molecular formula is C19H20F2N2O5. The lowest BCUT2D eigenvalue weighted by atomic mass is 10.1. The second-order valence-corrected chi connectivity index (χ2v) is 5.98. The number of nitrogens with one attached hydrogen (secondary N) is 1. The monoisotopic (exact) mass is 394 g/mol. The van der Waals surface area contributed by atoms with Crippen LogP contribution in [0.5, 0.6) is 5.75 Å². The van der Waals surface area contributed by atoms with Crippen LogP contribution in [0.4, 0.5) is 8.78 Å². The molecule has 1 heterocycles. The Morgan fingerprint density at radius 1 is 1.18 bits per heavy atom. The van der Waals surface area contributed by atoms with Gasteiger partial charge in [0.15, 0.2) is 12.4 Å². The van der Waals surface area contributed by atoms with Gasteiger partial charge in [0.05, 0.1) is 0 Å². The maximum atomic E-state index is 12.1. The Morgan fingerprint density at radius 2 is 1.86 bits per heavy atom. The molecule has 0 atom stereocenters. The van der Waals surface area contributed by atoms with Crippen LogP contribution in [0.1, 0.15) is 33.3 Å². The predicted octanol–water partition coefficient (Wildman–Crippen LogP) is 2.34. The van der Waals surface area contributed by atoms with Gasteiger partial charge in [-0.05, 0) is 37.1 Å². The molecule has 0 saturated carbocycles. The average Bonchev–Trinajstić information content (AvgIpc) is 3.03. The van der Waals surface area contributed by atoms with E-state index in [1.165, 1.54) is 35.9 Å². The highest BCUT2D eigenvalue weighted by Gasteiger charge is 2.16. The molecule has 0 aliphatic rings. The molecule has 1 aromatic carbocycles. The summed E-state index contributed by atoms with van der Waals surface area (Å²) < 4.78 is 34.8. The third-order valence-corrected chi connectivity index (χ3v) is 3.84. The van der Waals surface area contributed by atoms with Gasteiger partial charge in [0, 0.05) is 25.4 Å². The smallest absolute Gasteiger partial charge is 0.387 e. The molecule has 1 amide bonds. The summed E-state index contributed by atoms with van der Waals surface area (Å²) in [6.07, 6.45) is 1.98. The summed E-state index contributed by atoms with van der Waals surface area (Å²) in [6, 6.07) is 7.47. The fourth-order valence-electron chi connectivity index (χ4n) is 2.40. The minimum atomic E-state index is -2.88. The standard InChI is InChI=1S/C19H20F2N2O5/c1-12(24)14-9-16(23(2)10-14)18(26)27-11-17(25)22-8-7-13-3-5-15(6-4-13)28-19(20)21/h3-6,9-10,19H,7-8,11H2,1-2H3,(H,22,25). The van der Waals surface area contributed by atoms with E-state index in [0.717, 1.165) is 5.56 Å². The molecule has 1 aromatic heterocycles. The molecule has 0 spiro atoms. The van der Waals surface area contributed by atoms with Gasteiger partial charge >= 0.3 is 12.6 Å². The largest absolute Gasteiger partial charge is 0.451 e. The van der Waals surface area contributed by atoms with Crippen molar-refractivity contribution in [2.45, 2.75) is 20.0 Å². The van der Waals surface area contributed by atoms with Gasteiger partial charge in [-0.3, -0.25) is 9.59 Å². The number of carbonyl (C=O) groups is 3. The number of ketones is 1. The third kappa shape index (κ3) is 6.19. The highest BCUT2D eigenvalue weighted by molar-refractivity contribution is 5.98. The number of benzene rings is 1. The molecule has 9 heteroatoms. The summed E-state index contributed by atoms with van der Waals surface area (Å²) in [4.78, 5) is 35.1. The van der Waals surface area contributed by atoms with E-state index in [9.17, 15) is 23.2 Å². The Bertz CT molecular complexity index is 847. The van der Waals surface area contributed by atoms with Crippen molar-refractivity contribution in [3.05, 3.63) is 53.3 Å². The summed E-state index contributed by atoms with van der Waals surface area (Å²) in [5.41, 5.74) is 1.37. The Balaban J connectivity index is 1.74. The Kier molecular flexibility index (Phi) is 7.25. The lowest BCUT2D eigenvalue weighted by molar-refractivity contribution is -0.124. The van der Waals surface area contributed by atoms with Gasteiger partial charge in [-0.25, -0.2) is 4.79 Å². The van der Waals surface area contributed by atoms with E-state index < -0.39 is 25.1 Å². The number of halogens is 2. The predicted molar refractivity (Wildman–Crippen MR) is 95.5 cm³/mol. The maximum absolute atomic E-state index is 12.1. The Labute approximate surface area is 160 Å². The van der Waals surface area contributed by atoms with Crippen molar-refractivity contribution in [2.75, 3.05) is 13.2 Å². The van der Waals surface area contributed by atoms with Crippen LogP contribution < -0.4 is 10.1 Å². The number of hydrogen-bond acceptors (Lipinski definition) is 5. The first-order valence-corrected chi connectivity index (χ1v) is 8.41. The van der Waals surface area contributed by atoms with Crippen molar-refractivity contribution >= 4 is 17.7 Å². The number of ether oxygens (including phenoxy) is 2. The topological polar surface area (TPSA) is 86.6 Å². The molecule has 0 saturated heterocycles. The normalized spacial score (nSPS) is 10.6. The molecule has 2 rings (SSSR count). The molecule has 0 aliphatic carbocycles. The summed E-state index contributed by atoms with van der Waals surface area (Å²) in [5.74, 6) is -1.31. The molecule has 0 radical (unpaired) electrons. The van der Waals surface area contributed by atoms with E-state index >= 15 is 0 Å². The van der Waals surface area contributed by atoms with Gasteiger partial charge in [-0.15, -0.1) is 0 Å². The lowest BCUT2D eigenvalue weighted by Gasteiger charge is -2.08. The van der Waals surface area contributed by atoms with E-state index in [0.29, 0.717) is 12.0 Å². The van der Waals surface area contributed by atoms with Crippen LogP contribution in [0, 0.1) is 0 Å². The van der Waals surface area contributed by atoms with Crippen molar-refractivity contribution in [2.24, 2.45) is 7.05 Å². The first-order valence-electron chi connectivity index (χ1n) is 8.41. The number of hydrogen-bond donors (Lipinski definition) is 1. The van der Waals surface area contributed by atoms with Crippen LogP contribution in [-0.2, 0) is 23.0 Å². The van der Waals surface area contributed by atoms with E-state index in [4.69, 9.17) is 4.74 Å². The minimum Gasteiger partial charge on any atom is -0.451 e. The minimum absolute atomic E-state index is 0.0586. The summed E-state index contributed by atoms with van der Waals surface area (Å²) >= 11 is 0. The van der Waals surface area contributed by atoms with Crippen LogP contribution in [0.3, 0.4) is 0 Å². The van der Waals surface area contributed by atoms with Gasteiger partial charge in [0.2, 0.25) is 0 Å². The van der Waals surface area contributed by atoms with Crippen molar-refractivity contribution in [1.82, 2.24) is 9.88 Å². The van der Waals surface area contributed by atoms with Crippen LogP contribution in [-0.4, -0.2) is 42.0 Å². The Morgan fingerprint density at radius 3 is 2.43 bits per heavy atom. The number of alkyl halides is 2. The fraction of sp³-hybridized carbons (Fsp3) is 0.316. The molecule has 28 heavy (non-hydrogen) atoms. The Hall–Kier alpha value is -3.23. The molecule has 0 bridgehead atoms. The van der Waals surface area contributed by atoms with E-state index in [1.807, 2.05) is 0 Å². The SMILES string of the molecule is CC(=O)c1cc(C(=O)OCC(=O)NCCc2ccc(OC(F)F)cc2)n(C)c1. The first-order chi connectivity index (χ1) is 13.3. The van der Waals surface area contributed by atoms with Crippen molar-refractivity contribution in [3.8, 4) is 5.75 Å². The molecule has 1 N–H and O–H groups in total. The number of aromatic nitrogens is 1. The highest BCUT2D eigenvalue weighted by atomic mass is 19.3. The van der Waals surface area contributed by atoms with Crippen LogP contribution in [0.15, 0.2) is 36.5 Å².